The number of hydrogen-bond donors (Lipinski definition) is 0. The number of nitrogens with zero attached hydrogens (tertiary/aromatic N) is 2. The fourth-order valence-electron chi connectivity index (χ4n) is 5.52. The Morgan fingerprint density at radius 3 is 2.15 bits per heavy atom. The average molecular weight is 437 g/mol. The first-order valence-electron chi connectivity index (χ1n) is 11.9. The maximum Gasteiger partial charge on any atom is 0.257 e. The summed E-state index contributed by atoms with van der Waals surface area (Å²) < 4.78 is 4.82. The van der Waals surface area contributed by atoms with E-state index in [-0.39, 0.29) is 0 Å². The SMILES string of the molecule is c1ccc(-c2cc[n+]3c(c2)-c2ccccc2C2=C(C3)[n+]3ccccc3-c3ccccc3C2)cc1. The number of pyridine rings is 2. The molecule has 0 bridgehead atoms. The highest BCUT2D eigenvalue weighted by Crippen LogP contribution is 2.39. The van der Waals surface area contributed by atoms with E-state index >= 15 is 0 Å². The zero-order valence-electron chi connectivity index (χ0n) is 18.9. The lowest BCUT2D eigenvalue weighted by Gasteiger charge is -2.10. The molecule has 2 nitrogen and oxygen atoms in total. The molecular weight excluding hydrogens is 412 g/mol. The fraction of sp³-hybridized carbons (Fsp3) is 0.0625. The summed E-state index contributed by atoms with van der Waals surface area (Å²) in [6, 6.07) is 39.6. The van der Waals surface area contributed by atoms with Crippen molar-refractivity contribution in [2.24, 2.45) is 0 Å². The van der Waals surface area contributed by atoms with Gasteiger partial charge in [-0.25, -0.2) is 0 Å². The first kappa shape index (κ1) is 19.2. The van der Waals surface area contributed by atoms with Crippen LogP contribution in [0.15, 0.2) is 122 Å². The van der Waals surface area contributed by atoms with Crippen LogP contribution in [0.1, 0.15) is 11.1 Å². The first-order chi connectivity index (χ1) is 16.9. The van der Waals surface area contributed by atoms with Gasteiger partial charge in [0.2, 0.25) is 17.9 Å². The van der Waals surface area contributed by atoms with Gasteiger partial charge in [0.25, 0.3) is 5.70 Å². The van der Waals surface area contributed by atoms with Crippen LogP contribution in [0.3, 0.4) is 0 Å². The molecule has 0 aliphatic carbocycles. The van der Waals surface area contributed by atoms with Crippen LogP contribution in [0.4, 0.5) is 0 Å². The molecule has 4 heterocycles. The van der Waals surface area contributed by atoms with Crippen LogP contribution in [0, 0.1) is 0 Å². The van der Waals surface area contributed by atoms with Crippen LogP contribution in [0.25, 0.3) is 44.9 Å². The van der Waals surface area contributed by atoms with Crippen molar-refractivity contribution >= 4 is 11.3 Å². The first-order valence-corrected chi connectivity index (χ1v) is 11.9. The van der Waals surface area contributed by atoms with Crippen LogP contribution in [0.2, 0.25) is 0 Å². The number of benzene rings is 3. The predicted octanol–water partition coefficient (Wildman–Crippen LogP) is 6.20. The van der Waals surface area contributed by atoms with E-state index in [0.29, 0.717) is 0 Å². The highest BCUT2D eigenvalue weighted by molar-refractivity contribution is 5.91. The van der Waals surface area contributed by atoms with Crippen LogP contribution in [-0.2, 0) is 13.0 Å². The quantitative estimate of drug-likeness (QED) is 0.276. The summed E-state index contributed by atoms with van der Waals surface area (Å²) in [4.78, 5) is 0. The van der Waals surface area contributed by atoms with Gasteiger partial charge in [-0.05, 0) is 40.5 Å². The molecule has 0 saturated heterocycles. The number of aromatic nitrogens is 2. The van der Waals surface area contributed by atoms with Gasteiger partial charge in [-0.15, -0.1) is 0 Å². The van der Waals surface area contributed by atoms with E-state index in [2.05, 4.69) is 131 Å². The molecular formula is C32H24N2+2. The van der Waals surface area contributed by atoms with Gasteiger partial charge in [-0.3, -0.25) is 0 Å². The molecule has 0 N–H and O–H groups in total. The fourth-order valence-corrected chi connectivity index (χ4v) is 5.52. The largest absolute Gasteiger partial charge is 0.257 e. The van der Waals surface area contributed by atoms with Gasteiger partial charge in [0.1, 0.15) is 0 Å². The molecule has 0 atom stereocenters. The van der Waals surface area contributed by atoms with E-state index in [0.717, 1.165) is 13.0 Å². The van der Waals surface area contributed by atoms with Gasteiger partial charge in [0.05, 0.1) is 11.1 Å². The maximum atomic E-state index is 2.41. The van der Waals surface area contributed by atoms with Crippen molar-refractivity contribution in [3.8, 4) is 33.6 Å². The third-order valence-electron chi connectivity index (χ3n) is 7.15. The second-order valence-electron chi connectivity index (χ2n) is 9.06. The van der Waals surface area contributed by atoms with Crippen molar-refractivity contribution in [3.05, 3.63) is 133 Å². The molecule has 0 amide bonds. The van der Waals surface area contributed by atoms with Crippen molar-refractivity contribution in [2.45, 2.75) is 13.0 Å². The van der Waals surface area contributed by atoms with Crippen molar-refractivity contribution in [3.63, 3.8) is 0 Å². The summed E-state index contributed by atoms with van der Waals surface area (Å²) >= 11 is 0. The Kier molecular flexibility index (Phi) is 4.31. The Hall–Kier alpha value is -4.30. The summed E-state index contributed by atoms with van der Waals surface area (Å²) in [7, 11) is 0. The molecule has 0 unspecified atom stereocenters. The molecule has 7 rings (SSSR count). The third-order valence-corrected chi connectivity index (χ3v) is 7.15. The molecule has 2 heteroatoms. The molecule has 0 spiro atoms. The van der Waals surface area contributed by atoms with Gasteiger partial charge < -0.3 is 0 Å². The van der Waals surface area contributed by atoms with Crippen LogP contribution >= 0.6 is 0 Å². The second kappa shape index (κ2) is 7.64. The molecule has 2 aliphatic heterocycles. The highest BCUT2D eigenvalue weighted by Gasteiger charge is 2.36. The molecule has 34 heavy (non-hydrogen) atoms. The van der Waals surface area contributed by atoms with Crippen molar-refractivity contribution in [2.75, 3.05) is 0 Å². The van der Waals surface area contributed by atoms with Gasteiger partial charge in [0.15, 0.2) is 12.4 Å². The minimum Gasteiger partial charge on any atom is -0.188 e. The lowest BCUT2D eigenvalue weighted by atomic mass is 9.91. The maximum absolute atomic E-state index is 2.41. The Balaban J connectivity index is 1.51. The van der Waals surface area contributed by atoms with Crippen LogP contribution in [0.5, 0.6) is 0 Å². The Morgan fingerprint density at radius 1 is 0.529 bits per heavy atom. The number of fused-ring (bicyclic) bond motifs is 8. The molecule has 5 aromatic rings. The number of rotatable bonds is 1. The van der Waals surface area contributed by atoms with E-state index in [4.69, 9.17) is 0 Å². The standard InChI is InChI=1S/C32H24N2/c1-2-10-23(11-3-1)24-17-19-33-22-32-29(27-14-6-7-15-28(27)31(33)21-24)20-25-12-4-5-13-26(25)30-16-8-9-18-34(30)32/h1-19,21H,20,22H2/q+2. The molecule has 3 aromatic carbocycles. The highest BCUT2D eigenvalue weighted by atomic mass is 15.1. The van der Waals surface area contributed by atoms with Crippen molar-refractivity contribution in [1.29, 1.82) is 0 Å². The molecule has 0 saturated carbocycles. The van der Waals surface area contributed by atoms with E-state index in [1.54, 1.807) is 0 Å². The van der Waals surface area contributed by atoms with E-state index < -0.39 is 0 Å². The van der Waals surface area contributed by atoms with Crippen molar-refractivity contribution < 1.29 is 9.13 Å². The summed E-state index contributed by atoms with van der Waals surface area (Å²) in [6.07, 6.45) is 5.40. The lowest BCUT2D eigenvalue weighted by molar-refractivity contribution is -0.698. The monoisotopic (exact) mass is 436 g/mol. The molecule has 0 radical (unpaired) electrons. The van der Waals surface area contributed by atoms with Crippen LogP contribution < -0.4 is 9.13 Å². The zero-order valence-corrected chi connectivity index (χ0v) is 18.9. The number of hydrogen-bond acceptors (Lipinski definition) is 0. The zero-order chi connectivity index (χ0) is 22.5. The van der Waals surface area contributed by atoms with E-state index in [9.17, 15) is 0 Å². The molecule has 2 aliphatic rings. The summed E-state index contributed by atoms with van der Waals surface area (Å²) in [6.45, 7) is 0.823. The van der Waals surface area contributed by atoms with Crippen LogP contribution in [-0.4, -0.2) is 0 Å². The summed E-state index contributed by atoms with van der Waals surface area (Å²) in [5.74, 6) is 0. The average Bonchev–Trinajstić information content (AvgIpc) is 3.13. The van der Waals surface area contributed by atoms with Gasteiger partial charge >= 0.3 is 0 Å². The Morgan fingerprint density at radius 2 is 1.26 bits per heavy atom. The van der Waals surface area contributed by atoms with Gasteiger partial charge in [-0.2, -0.15) is 9.13 Å². The van der Waals surface area contributed by atoms with E-state index in [1.165, 1.54) is 56.0 Å². The molecule has 2 aromatic heterocycles. The molecule has 160 valence electrons. The molecule has 0 fully saturated rings. The van der Waals surface area contributed by atoms with Gasteiger partial charge in [-0.1, -0.05) is 66.7 Å². The smallest absolute Gasteiger partial charge is 0.188 e. The topological polar surface area (TPSA) is 7.76 Å². The van der Waals surface area contributed by atoms with Gasteiger partial charge in [0, 0.05) is 36.3 Å². The third kappa shape index (κ3) is 2.96. The minimum atomic E-state index is 0.823. The predicted molar refractivity (Wildman–Crippen MR) is 136 cm³/mol. The minimum absolute atomic E-state index is 0.823. The van der Waals surface area contributed by atoms with E-state index in [1.807, 2.05) is 0 Å². The number of allylic oxidation sites excluding steroid dienone is 2. The lowest BCUT2D eigenvalue weighted by Crippen LogP contribution is -2.44. The second-order valence-corrected chi connectivity index (χ2v) is 9.06. The summed E-state index contributed by atoms with van der Waals surface area (Å²) in [5.41, 5.74) is 13.1. The Bertz CT molecular complexity index is 1600. The van der Waals surface area contributed by atoms with Crippen molar-refractivity contribution in [1.82, 2.24) is 0 Å². The summed E-state index contributed by atoms with van der Waals surface area (Å²) in [5, 5.41) is 0. The Labute approximate surface area is 199 Å². The normalized spacial score (nSPS) is 13.5.